The highest BCUT2D eigenvalue weighted by molar-refractivity contribution is 5.88. The normalized spacial score (nSPS) is 42.4. The maximum atomic E-state index is 11.8. The van der Waals surface area contributed by atoms with Crippen molar-refractivity contribution in [1.29, 1.82) is 0 Å². The first-order valence-corrected chi connectivity index (χ1v) is 4.57. The van der Waals surface area contributed by atoms with Gasteiger partial charge in [0.2, 0.25) is 0 Å². The average molecular weight is 169 g/mol. The predicted molar refractivity (Wildman–Crippen MR) is 44.9 cm³/mol. The fourth-order valence-electron chi connectivity index (χ4n) is 2.17. The quantitative estimate of drug-likeness (QED) is 0.563. The van der Waals surface area contributed by atoms with Crippen molar-refractivity contribution in [2.45, 2.75) is 13.3 Å². The molecule has 2 fully saturated rings. The van der Waals surface area contributed by atoms with Crippen molar-refractivity contribution in [2.24, 2.45) is 11.3 Å². The van der Waals surface area contributed by atoms with E-state index in [-0.39, 0.29) is 11.3 Å². The van der Waals surface area contributed by atoms with E-state index >= 15 is 0 Å². The molecule has 0 radical (unpaired) electrons. The van der Waals surface area contributed by atoms with Gasteiger partial charge in [0.25, 0.3) is 0 Å². The molecule has 0 aliphatic carbocycles. The van der Waals surface area contributed by atoms with E-state index in [0.29, 0.717) is 12.4 Å². The number of rotatable bonds is 0. The summed E-state index contributed by atoms with van der Waals surface area (Å²) in [5, 5.41) is 3.30. The van der Waals surface area contributed by atoms with Crippen molar-refractivity contribution in [3.8, 4) is 0 Å². The van der Waals surface area contributed by atoms with E-state index in [4.69, 9.17) is 4.74 Å². The van der Waals surface area contributed by atoms with Gasteiger partial charge in [-0.15, -0.1) is 0 Å². The van der Waals surface area contributed by atoms with Crippen LogP contribution < -0.4 is 5.32 Å². The van der Waals surface area contributed by atoms with Crippen LogP contribution in [0.2, 0.25) is 0 Å². The molecule has 2 aliphatic heterocycles. The lowest BCUT2D eigenvalue weighted by atomic mass is 9.75. The number of Topliss-reactive ketones (excluding diaryl/α,β-unsaturated/α-hetero) is 1. The summed E-state index contributed by atoms with van der Waals surface area (Å²) in [6.45, 7) is 5.02. The standard InChI is InChI=1S/C9H15NO2/c1-7-4-10-5-9(8(7)11)2-3-12-6-9/h7,10H,2-6H2,1H3. The van der Waals surface area contributed by atoms with Gasteiger partial charge in [-0.05, 0) is 6.42 Å². The highest BCUT2D eigenvalue weighted by Gasteiger charge is 2.45. The molecule has 1 spiro atoms. The van der Waals surface area contributed by atoms with E-state index in [0.717, 1.165) is 26.1 Å². The number of piperidine rings is 1. The van der Waals surface area contributed by atoms with Crippen LogP contribution >= 0.6 is 0 Å². The Morgan fingerprint density at radius 3 is 3.17 bits per heavy atom. The van der Waals surface area contributed by atoms with Gasteiger partial charge in [0.1, 0.15) is 5.78 Å². The largest absolute Gasteiger partial charge is 0.380 e. The predicted octanol–water partition coefficient (Wildman–Crippen LogP) is 0.201. The molecule has 1 N–H and O–H groups in total. The lowest BCUT2D eigenvalue weighted by Gasteiger charge is -2.34. The molecule has 0 amide bonds. The fourth-order valence-corrected chi connectivity index (χ4v) is 2.17. The van der Waals surface area contributed by atoms with Gasteiger partial charge in [0, 0.05) is 25.6 Å². The van der Waals surface area contributed by atoms with Crippen LogP contribution in [0.15, 0.2) is 0 Å². The van der Waals surface area contributed by atoms with E-state index < -0.39 is 0 Å². The zero-order valence-corrected chi connectivity index (χ0v) is 7.43. The Morgan fingerprint density at radius 1 is 1.67 bits per heavy atom. The monoisotopic (exact) mass is 169 g/mol. The van der Waals surface area contributed by atoms with Crippen molar-refractivity contribution in [1.82, 2.24) is 5.32 Å². The summed E-state index contributed by atoms with van der Waals surface area (Å²) in [5.41, 5.74) is -0.169. The summed E-state index contributed by atoms with van der Waals surface area (Å²) in [6.07, 6.45) is 0.906. The molecule has 3 nitrogen and oxygen atoms in total. The number of ketones is 1. The summed E-state index contributed by atoms with van der Waals surface area (Å²) < 4.78 is 5.30. The minimum absolute atomic E-state index is 0.167. The Morgan fingerprint density at radius 2 is 2.50 bits per heavy atom. The van der Waals surface area contributed by atoms with Crippen LogP contribution in [-0.4, -0.2) is 32.1 Å². The lowest BCUT2D eigenvalue weighted by molar-refractivity contribution is -0.134. The van der Waals surface area contributed by atoms with E-state index in [1.54, 1.807) is 0 Å². The highest BCUT2D eigenvalue weighted by Crippen LogP contribution is 2.33. The van der Waals surface area contributed by atoms with Crippen LogP contribution in [0.4, 0.5) is 0 Å². The lowest BCUT2D eigenvalue weighted by Crippen LogP contribution is -2.51. The topological polar surface area (TPSA) is 38.3 Å². The molecule has 0 aromatic heterocycles. The van der Waals surface area contributed by atoms with Crippen LogP contribution in [0.1, 0.15) is 13.3 Å². The summed E-state index contributed by atoms with van der Waals surface area (Å²) in [5.74, 6) is 0.569. The van der Waals surface area contributed by atoms with Gasteiger partial charge in [-0.2, -0.15) is 0 Å². The molecule has 2 atom stereocenters. The average Bonchev–Trinajstić information content (AvgIpc) is 2.50. The van der Waals surface area contributed by atoms with Gasteiger partial charge < -0.3 is 10.1 Å². The van der Waals surface area contributed by atoms with Gasteiger partial charge in [-0.25, -0.2) is 0 Å². The van der Waals surface area contributed by atoms with Crippen LogP contribution in [0.5, 0.6) is 0 Å². The van der Waals surface area contributed by atoms with Crippen molar-refractivity contribution in [2.75, 3.05) is 26.3 Å². The molecule has 2 saturated heterocycles. The number of hydrogen-bond acceptors (Lipinski definition) is 3. The first-order chi connectivity index (χ1) is 5.75. The second kappa shape index (κ2) is 2.82. The Kier molecular flexibility index (Phi) is 1.93. The minimum atomic E-state index is -0.169. The fraction of sp³-hybridized carbons (Fsp3) is 0.889. The molecule has 2 heterocycles. The molecule has 2 aliphatic rings. The Labute approximate surface area is 72.5 Å². The summed E-state index contributed by atoms with van der Waals surface area (Å²) in [6, 6.07) is 0. The van der Waals surface area contributed by atoms with Crippen molar-refractivity contribution in [3.05, 3.63) is 0 Å². The maximum absolute atomic E-state index is 11.8. The van der Waals surface area contributed by atoms with E-state index in [1.807, 2.05) is 6.92 Å². The van der Waals surface area contributed by atoms with Gasteiger partial charge in [-0.1, -0.05) is 6.92 Å². The third-order valence-corrected chi connectivity index (χ3v) is 2.99. The first-order valence-electron chi connectivity index (χ1n) is 4.57. The molecule has 68 valence electrons. The molecule has 2 unspecified atom stereocenters. The van der Waals surface area contributed by atoms with Gasteiger partial charge in [-0.3, -0.25) is 4.79 Å². The summed E-state index contributed by atoms with van der Waals surface area (Å²) in [7, 11) is 0. The zero-order chi connectivity index (χ0) is 8.60. The van der Waals surface area contributed by atoms with Crippen LogP contribution in [0.3, 0.4) is 0 Å². The van der Waals surface area contributed by atoms with Crippen LogP contribution in [0.25, 0.3) is 0 Å². The Hall–Kier alpha value is -0.410. The number of hydrogen-bond donors (Lipinski definition) is 1. The second-order valence-electron chi connectivity index (χ2n) is 3.98. The number of carbonyl (C=O) groups excluding carboxylic acids is 1. The molecule has 0 aromatic carbocycles. The summed E-state index contributed by atoms with van der Waals surface area (Å²) in [4.78, 5) is 11.8. The zero-order valence-electron chi connectivity index (χ0n) is 7.43. The minimum Gasteiger partial charge on any atom is -0.380 e. The SMILES string of the molecule is CC1CNCC2(CCOC2)C1=O. The number of carbonyl (C=O) groups is 1. The van der Waals surface area contributed by atoms with Gasteiger partial charge in [0.15, 0.2) is 0 Å². The van der Waals surface area contributed by atoms with E-state index in [2.05, 4.69) is 5.32 Å². The Balaban J connectivity index is 2.17. The molecule has 12 heavy (non-hydrogen) atoms. The number of ether oxygens (including phenoxy) is 1. The smallest absolute Gasteiger partial charge is 0.146 e. The molecular formula is C9H15NO2. The molecule has 3 heteroatoms. The molecule has 0 saturated carbocycles. The number of nitrogens with one attached hydrogen (secondary N) is 1. The molecule has 0 bridgehead atoms. The van der Waals surface area contributed by atoms with Crippen LogP contribution in [-0.2, 0) is 9.53 Å². The van der Waals surface area contributed by atoms with Gasteiger partial charge in [0.05, 0.1) is 12.0 Å². The third kappa shape index (κ3) is 1.08. The van der Waals surface area contributed by atoms with E-state index in [1.165, 1.54) is 0 Å². The highest BCUT2D eigenvalue weighted by atomic mass is 16.5. The van der Waals surface area contributed by atoms with Crippen molar-refractivity contribution >= 4 is 5.78 Å². The third-order valence-electron chi connectivity index (χ3n) is 2.99. The van der Waals surface area contributed by atoms with Crippen LogP contribution in [0, 0.1) is 11.3 Å². The molecular weight excluding hydrogens is 154 g/mol. The van der Waals surface area contributed by atoms with Crippen molar-refractivity contribution in [3.63, 3.8) is 0 Å². The maximum Gasteiger partial charge on any atom is 0.146 e. The van der Waals surface area contributed by atoms with Gasteiger partial charge >= 0.3 is 0 Å². The second-order valence-corrected chi connectivity index (χ2v) is 3.98. The molecule has 2 rings (SSSR count). The first kappa shape index (κ1) is 8.20. The Bertz CT molecular complexity index is 197. The van der Waals surface area contributed by atoms with Crippen molar-refractivity contribution < 1.29 is 9.53 Å². The van der Waals surface area contributed by atoms with E-state index in [9.17, 15) is 4.79 Å². The summed E-state index contributed by atoms with van der Waals surface area (Å²) >= 11 is 0. The molecule has 0 aromatic rings.